The molecule has 0 bridgehead atoms. The van der Waals surface area contributed by atoms with E-state index in [0.717, 1.165) is 22.4 Å². The second kappa shape index (κ2) is 6.49. The molecule has 2 aromatic heterocycles. The Morgan fingerprint density at radius 3 is 2.68 bits per heavy atom. The van der Waals surface area contributed by atoms with Crippen LogP contribution in [0.1, 0.15) is 20.9 Å². The summed E-state index contributed by atoms with van der Waals surface area (Å²) in [5, 5.41) is 6.55. The van der Waals surface area contributed by atoms with Gasteiger partial charge in [-0.25, -0.2) is 9.67 Å². The average Bonchev–Trinajstić information content (AvgIpc) is 3.13. The van der Waals surface area contributed by atoms with Crippen molar-refractivity contribution in [1.29, 1.82) is 0 Å². The van der Waals surface area contributed by atoms with Crippen LogP contribution >= 0.6 is 22.9 Å². The molecule has 0 aliphatic carbocycles. The third-order valence-corrected chi connectivity index (χ3v) is 4.24. The summed E-state index contributed by atoms with van der Waals surface area (Å²) in [6, 6.07) is 5.77. The highest BCUT2D eigenvalue weighted by Crippen LogP contribution is 2.34. The van der Waals surface area contributed by atoms with Crippen molar-refractivity contribution < 1.29 is 18.0 Å². The minimum Gasteiger partial charge on any atom is -0.298 e. The van der Waals surface area contributed by atoms with Crippen molar-refractivity contribution in [3.05, 3.63) is 57.8 Å². The van der Waals surface area contributed by atoms with Gasteiger partial charge in [0.25, 0.3) is 5.91 Å². The van der Waals surface area contributed by atoms with Gasteiger partial charge < -0.3 is 0 Å². The lowest BCUT2D eigenvalue weighted by Gasteiger charge is -2.12. The fourth-order valence-corrected chi connectivity index (χ4v) is 3.01. The zero-order valence-corrected chi connectivity index (χ0v) is 14.2. The van der Waals surface area contributed by atoms with Crippen LogP contribution in [0.15, 0.2) is 36.7 Å². The maximum absolute atomic E-state index is 13.5. The molecule has 0 radical (unpaired) electrons. The average molecular weight is 387 g/mol. The molecule has 0 atom stereocenters. The Morgan fingerprint density at radius 1 is 1.32 bits per heavy atom. The molecule has 3 rings (SSSR count). The van der Waals surface area contributed by atoms with Crippen LogP contribution in [-0.4, -0.2) is 20.7 Å². The molecular formula is C15H10ClF3N4OS. The molecule has 10 heteroatoms. The van der Waals surface area contributed by atoms with Crippen LogP contribution in [0.2, 0.25) is 5.02 Å². The van der Waals surface area contributed by atoms with Crippen LogP contribution in [0, 0.1) is 6.92 Å². The van der Waals surface area contributed by atoms with Crippen LogP contribution in [0.3, 0.4) is 0 Å². The third-order valence-electron chi connectivity index (χ3n) is 3.18. The Bertz CT molecular complexity index is 935. The maximum Gasteiger partial charge on any atom is 0.434 e. The lowest BCUT2D eigenvalue weighted by molar-refractivity contribution is -0.143. The van der Waals surface area contributed by atoms with Gasteiger partial charge in [0.1, 0.15) is 0 Å². The molecule has 25 heavy (non-hydrogen) atoms. The number of alkyl halides is 3. The second-order valence-corrected chi connectivity index (χ2v) is 6.70. The normalized spacial score (nSPS) is 11.6. The smallest absolute Gasteiger partial charge is 0.298 e. The summed E-state index contributed by atoms with van der Waals surface area (Å²) in [6.45, 7) is 1.77. The summed E-state index contributed by atoms with van der Waals surface area (Å²) in [4.78, 5) is 17.0. The van der Waals surface area contributed by atoms with Gasteiger partial charge in [-0.2, -0.15) is 18.3 Å². The molecule has 0 spiro atoms. The second-order valence-electron chi connectivity index (χ2n) is 5.03. The van der Waals surface area contributed by atoms with Gasteiger partial charge in [0, 0.05) is 16.1 Å². The minimum atomic E-state index is -4.79. The summed E-state index contributed by atoms with van der Waals surface area (Å²) in [5.41, 5.74) is -1.68. The number of thiazole rings is 1. The highest BCUT2D eigenvalue weighted by atomic mass is 35.5. The number of hydrogen-bond acceptors (Lipinski definition) is 4. The fourth-order valence-electron chi connectivity index (χ4n) is 2.17. The standard InChI is InChI=1S/C15H10ClF3N4OS/c1-8-6-20-14(25-8)22-13(24)11-7-21-23(12(11)15(17,18)19)10-4-2-3-9(16)5-10/h2-7H,1H3,(H,20,22,24). The number of hydrogen-bond donors (Lipinski definition) is 1. The number of aromatic nitrogens is 3. The molecule has 130 valence electrons. The highest BCUT2D eigenvalue weighted by molar-refractivity contribution is 7.15. The van der Waals surface area contributed by atoms with E-state index in [4.69, 9.17) is 11.6 Å². The molecule has 0 saturated carbocycles. The van der Waals surface area contributed by atoms with Crippen molar-refractivity contribution >= 4 is 34.0 Å². The third kappa shape index (κ3) is 3.67. The van der Waals surface area contributed by atoms with Crippen molar-refractivity contribution in [2.75, 3.05) is 5.32 Å². The van der Waals surface area contributed by atoms with E-state index in [1.54, 1.807) is 6.92 Å². The number of benzene rings is 1. The molecule has 0 unspecified atom stereocenters. The summed E-state index contributed by atoms with van der Waals surface area (Å²) in [7, 11) is 0. The van der Waals surface area contributed by atoms with Crippen molar-refractivity contribution in [3.63, 3.8) is 0 Å². The number of halogens is 4. The monoisotopic (exact) mass is 386 g/mol. The molecular weight excluding hydrogens is 377 g/mol. The summed E-state index contributed by atoms with van der Waals surface area (Å²) in [5.74, 6) is -0.935. The Morgan fingerprint density at radius 2 is 2.08 bits per heavy atom. The van der Waals surface area contributed by atoms with Crippen molar-refractivity contribution in [3.8, 4) is 5.69 Å². The summed E-state index contributed by atoms with van der Waals surface area (Å²) < 4.78 is 41.3. The van der Waals surface area contributed by atoms with Gasteiger partial charge in [-0.1, -0.05) is 17.7 Å². The first-order valence-electron chi connectivity index (χ1n) is 6.90. The molecule has 1 aromatic carbocycles. The first kappa shape index (κ1) is 17.4. The highest BCUT2D eigenvalue weighted by Gasteiger charge is 2.40. The molecule has 0 aliphatic rings. The van der Waals surface area contributed by atoms with Gasteiger partial charge in [0.15, 0.2) is 10.8 Å². The van der Waals surface area contributed by atoms with Gasteiger partial charge >= 0.3 is 6.18 Å². The minimum absolute atomic E-state index is 0.101. The number of aryl methyl sites for hydroxylation is 1. The number of nitrogens with one attached hydrogen (secondary N) is 1. The zero-order chi connectivity index (χ0) is 18.2. The molecule has 0 aliphatic heterocycles. The van der Waals surface area contributed by atoms with E-state index in [1.807, 2.05) is 0 Å². The lowest BCUT2D eigenvalue weighted by Crippen LogP contribution is -2.20. The Labute approximate surface area is 149 Å². The van der Waals surface area contributed by atoms with Gasteiger partial charge in [-0.3, -0.25) is 10.1 Å². The van der Waals surface area contributed by atoms with E-state index >= 15 is 0 Å². The van der Waals surface area contributed by atoms with Crippen LogP contribution < -0.4 is 5.32 Å². The first-order chi connectivity index (χ1) is 11.8. The zero-order valence-electron chi connectivity index (χ0n) is 12.6. The number of rotatable bonds is 3. The number of nitrogens with zero attached hydrogens (tertiary/aromatic N) is 3. The van der Waals surface area contributed by atoms with E-state index < -0.39 is 23.3 Å². The van der Waals surface area contributed by atoms with E-state index in [-0.39, 0.29) is 15.8 Å². The van der Waals surface area contributed by atoms with E-state index in [2.05, 4.69) is 15.4 Å². The van der Waals surface area contributed by atoms with E-state index in [9.17, 15) is 18.0 Å². The summed E-state index contributed by atoms with van der Waals surface area (Å²) >= 11 is 6.99. The number of carbonyl (C=O) groups excluding carboxylic acids is 1. The van der Waals surface area contributed by atoms with Gasteiger partial charge in [0.05, 0.1) is 17.4 Å². The molecule has 5 nitrogen and oxygen atoms in total. The molecule has 0 saturated heterocycles. The molecule has 1 amide bonds. The van der Waals surface area contributed by atoms with Crippen molar-refractivity contribution in [1.82, 2.24) is 14.8 Å². The fraction of sp³-hybridized carbons (Fsp3) is 0.133. The van der Waals surface area contributed by atoms with E-state index in [1.165, 1.54) is 30.5 Å². The SMILES string of the molecule is Cc1cnc(NC(=O)c2cnn(-c3cccc(Cl)c3)c2C(F)(F)F)s1. The first-order valence-corrected chi connectivity index (χ1v) is 8.10. The van der Waals surface area contributed by atoms with Crippen LogP contribution in [-0.2, 0) is 6.18 Å². The molecule has 3 aromatic rings. The Kier molecular flexibility index (Phi) is 4.53. The predicted molar refractivity (Wildman–Crippen MR) is 88.4 cm³/mol. The largest absolute Gasteiger partial charge is 0.434 e. The number of carbonyl (C=O) groups is 1. The number of amides is 1. The maximum atomic E-state index is 13.5. The molecule has 2 heterocycles. The predicted octanol–water partition coefficient (Wildman–Crippen LogP) is 4.56. The van der Waals surface area contributed by atoms with Gasteiger partial charge in [0.2, 0.25) is 0 Å². The van der Waals surface area contributed by atoms with Crippen molar-refractivity contribution in [2.45, 2.75) is 13.1 Å². The van der Waals surface area contributed by atoms with Crippen LogP contribution in [0.4, 0.5) is 18.3 Å². The molecule has 0 fully saturated rings. The van der Waals surface area contributed by atoms with Crippen LogP contribution in [0.5, 0.6) is 0 Å². The summed E-state index contributed by atoms with van der Waals surface area (Å²) in [6.07, 6.45) is -2.40. The quantitative estimate of drug-likeness (QED) is 0.717. The van der Waals surface area contributed by atoms with E-state index in [0.29, 0.717) is 4.68 Å². The topological polar surface area (TPSA) is 59.8 Å². The van der Waals surface area contributed by atoms with Gasteiger partial charge in [-0.05, 0) is 25.1 Å². The van der Waals surface area contributed by atoms with Crippen molar-refractivity contribution in [2.24, 2.45) is 0 Å². The molecule has 1 N–H and O–H groups in total. The Hall–Kier alpha value is -2.39. The number of anilines is 1. The lowest BCUT2D eigenvalue weighted by atomic mass is 10.2. The van der Waals surface area contributed by atoms with Crippen LogP contribution in [0.25, 0.3) is 5.69 Å². The Balaban J connectivity index is 2.04. The van der Waals surface area contributed by atoms with Gasteiger partial charge in [-0.15, -0.1) is 11.3 Å².